The number of rotatable bonds is 10. The molecule has 0 radical (unpaired) electrons. The lowest BCUT2D eigenvalue weighted by atomic mass is 9.45. The highest BCUT2D eigenvalue weighted by molar-refractivity contribution is 5.91. The van der Waals surface area contributed by atoms with Gasteiger partial charge >= 0.3 is 11.9 Å². The summed E-state index contributed by atoms with van der Waals surface area (Å²) in [5.41, 5.74) is -0.401. The number of ether oxygens (including phenoxy) is 1. The maximum atomic E-state index is 12.1. The monoisotopic (exact) mass is 536 g/mol. The van der Waals surface area contributed by atoms with Crippen LogP contribution in [0.3, 0.4) is 0 Å². The number of carboxylic acid groups (broad SMARTS) is 1. The first kappa shape index (κ1) is 29.2. The number of fused-ring (bicyclic) bond motifs is 5. The van der Waals surface area contributed by atoms with Crippen molar-refractivity contribution in [1.82, 2.24) is 0 Å². The highest BCUT2D eigenvalue weighted by Crippen LogP contribution is 2.68. The average Bonchev–Trinajstić information content (AvgIpc) is 3.06. The van der Waals surface area contributed by atoms with E-state index < -0.39 is 47.7 Å². The van der Waals surface area contributed by atoms with Gasteiger partial charge in [-0.3, -0.25) is 14.4 Å². The SMILES string of the molecule is C[C@]12CCC(=O)C=C1CCC1C2[C@@H](O)C[C@@]2(C)C1CC[C@]2(O)CCCOC(=O)C[C@H](O)C[C@H](O)CC(=O)O. The summed E-state index contributed by atoms with van der Waals surface area (Å²) in [6.07, 6.45) is 3.80. The fraction of sp³-hybridized carbons (Fsp3) is 0.828. The number of hydrogen-bond acceptors (Lipinski definition) is 8. The van der Waals surface area contributed by atoms with E-state index in [2.05, 4.69) is 13.8 Å². The van der Waals surface area contributed by atoms with Gasteiger partial charge in [0.25, 0.3) is 0 Å². The molecule has 4 aliphatic rings. The van der Waals surface area contributed by atoms with Crippen molar-refractivity contribution < 1.29 is 44.7 Å². The van der Waals surface area contributed by atoms with Gasteiger partial charge in [-0.1, -0.05) is 19.4 Å². The summed E-state index contributed by atoms with van der Waals surface area (Å²) in [7, 11) is 0. The van der Waals surface area contributed by atoms with Crippen molar-refractivity contribution in [2.75, 3.05) is 6.61 Å². The fourth-order valence-electron chi connectivity index (χ4n) is 8.68. The van der Waals surface area contributed by atoms with E-state index in [4.69, 9.17) is 9.84 Å². The molecule has 0 amide bonds. The zero-order valence-corrected chi connectivity index (χ0v) is 22.6. The standard InChI is InChI=1S/C29H44O9/c1-27-9-6-18(30)12-17(27)4-5-21-22-7-10-29(37,28(22,2)16-23(33)26(21)27)8-3-11-38-25(36)15-20(32)13-19(31)14-24(34)35/h12,19-23,26,31-33,37H,3-11,13-16H2,1-2H3,(H,34,35)/t19-,20+,21?,22?,23-,26?,27-,28-,29+/m0/s1. The summed E-state index contributed by atoms with van der Waals surface area (Å²) in [5, 5.41) is 51.5. The van der Waals surface area contributed by atoms with Gasteiger partial charge in [0.1, 0.15) is 0 Å². The second-order valence-corrected chi connectivity index (χ2v) is 12.8. The number of ketones is 1. The van der Waals surface area contributed by atoms with E-state index >= 15 is 0 Å². The Morgan fingerprint density at radius 1 is 1.11 bits per heavy atom. The molecule has 9 atom stereocenters. The number of aliphatic carboxylic acids is 1. The Bertz CT molecular complexity index is 962. The van der Waals surface area contributed by atoms with Crippen LogP contribution in [0.25, 0.3) is 0 Å². The molecule has 3 fully saturated rings. The summed E-state index contributed by atoms with van der Waals surface area (Å²) in [5.74, 6) is -0.956. The van der Waals surface area contributed by atoms with Gasteiger partial charge in [-0.2, -0.15) is 0 Å². The largest absolute Gasteiger partial charge is 0.481 e. The van der Waals surface area contributed by atoms with Crippen molar-refractivity contribution in [3.63, 3.8) is 0 Å². The van der Waals surface area contributed by atoms with Crippen LogP contribution in [0, 0.1) is 28.6 Å². The van der Waals surface area contributed by atoms with Crippen LogP contribution in [0.4, 0.5) is 0 Å². The van der Waals surface area contributed by atoms with E-state index in [1.807, 2.05) is 6.08 Å². The van der Waals surface area contributed by atoms with Gasteiger partial charge in [0.15, 0.2) is 5.78 Å². The Hall–Kier alpha value is -1.81. The smallest absolute Gasteiger partial charge is 0.308 e. The van der Waals surface area contributed by atoms with Crippen LogP contribution in [0.5, 0.6) is 0 Å². The molecule has 0 aromatic carbocycles. The second-order valence-electron chi connectivity index (χ2n) is 12.8. The minimum absolute atomic E-state index is 0.0845. The van der Waals surface area contributed by atoms with Gasteiger partial charge in [-0.05, 0) is 80.6 Å². The zero-order valence-electron chi connectivity index (χ0n) is 22.6. The Kier molecular flexibility index (Phi) is 8.44. The molecule has 3 saturated carbocycles. The molecular weight excluding hydrogens is 492 g/mol. The highest BCUT2D eigenvalue weighted by Gasteiger charge is 2.65. The maximum absolute atomic E-state index is 12.1. The fourth-order valence-corrected chi connectivity index (χ4v) is 8.68. The average molecular weight is 537 g/mol. The number of hydrogen-bond donors (Lipinski definition) is 5. The third-order valence-electron chi connectivity index (χ3n) is 10.6. The third kappa shape index (κ3) is 5.44. The molecule has 0 aromatic heterocycles. The van der Waals surface area contributed by atoms with E-state index in [-0.39, 0.29) is 42.5 Å². The number of esters is 1. The summed E-state index contributed by atoms with van der Waals surface area (Å²) in [6.45, 7) is 4.40. The van der Waals surface area contributed by atoms with Gasteiger partial charge in [0.05, 0.1) is 43.4 Å². The number of carbonyl (C=O) groups is 3. The summed E-state index contributed by atoms with van der Waals surface area (Å²) in [6, 6.07) is 0. The molecule has 5 N–H and O–H groups in total. The second kappa shape index (κ2) is 11.0. The third-order valence-corrected chi connectivity index (χ3v) is 10.6. The van der Waals surface area contributed by atoms with Gasteiger partial charge in [0.2, 0.25) is 0 Å². The molecular formula is C29H44O9. The number of aliphatic hydroxyl groups excluding tert-OH is 3. The van der Waals surface area contributed by atoms with E-state index in [1.54, 1.807) is 0 Å². The molecule has 0 aliphatic heterocycles. The lowest BCUT2D eigenvalue weighted by Crippen LogP contribution is -2.59. The van der Waals surface area contributed by atoms with Gasteiger partial charge in [-0.15, -0.1) is 0 Å². The van der Waals surface area contributed by atoms with Gasteiger partial charge in [-0.25, -0.2) is 0 Å². The molecule has 4 aliphatic carbocycles. The first-order chi connectivity index (χ1) is 17.8. The lowest BCUT2D eigenvalue weighted by molar-refractivity contribution is -0.174. The van der Waals surface area contributed by atoms with Crippen LogP contribution in [-0.2, 0) is 19.1 Å². The predicted octanol–water partition coefficient (Wildman–Crippen LogP) is 2.52. The molecule has 3 unspecified atom stereocenters. The number of carbonyl (C=O) groups excluding carboxylic acids is 2. The Labute approximate surface area is 224 Å². The quantitative estimate of drug-likeness (QED) is 0.209. The Balaban J connectivity index is 1.32. The van der Waals surface area contributed by atoms with Crippen molar-refractivity contribution >= 4 is 17.7 Å². The van der Waals surface area contributed by atoms with Crippen molar-refractivity contribution in [3.05, 3.63) is 11.6 Å². The minimum Gasteiger partial charge on any atom is -0.481 e. The Morgan fingerprint density at radius 3 is 2.53 bits per heavy atom. The van der Waals surface area contributed by atoms with E-state index in [0.717, 1.165) is 25.7 Å². The molecule has 4 rings (SSSR count). The van der Waals surface area contributed by atoms with Crippen molar-refractivity contribution in [1.29, 1.82) is 0 Å². The summed E-state index contributed by atoms with van der Waals surface area (Å²) >= 11 is 0. The van der Waals surface area contributed by atoms with Crippen LogP contribution in [0.1, 0.15) is 90.9 Å². The molecule has 9 nitrogen and oxygen atoms in total. The minimum atomic E-state index is -1.24. The van der Waals surface area contributed by atoms with Crippen LogP contribution in [-0.4, -0.2) is 73.8 Å². The van der Waals surface area contributed by atoms with Crippen molar-refractivity contribution in [2.45, 2.75) is 115 Å². The van der Waals surface area contributed by atoms with E-state index in [0.29, 0.717) is 38.0 Å². The maximum Gasteiger partial charge on any atom is 0.308 e. The number of aliphatic hydroxyl groups is 4. The van der Waals surface area contributed by atoms with Gasteiger partial charge in [0, 0.05) is 18.3 Å². The van der Waals surface area contributed by atoms with Gasteiger partial charge < -0.3 is 30.3 Å². The summed E-state index contributed by atoms with van der Waals surface area (Å²) < 4.78 is 5.25. The summed E-state index contributed by atoms with van der Waals surface area (Å²) in [4.78, 5) is 34.8. The topological polar surface area (TPSA) is 162 Å². The van der Waals surface area contributed by atoms with Crippen molar-refractivity contribution in [3.8, 4) is 0 Å². The molecule has 0 saturated heterocycles. The predicted molar refractivity (Wildman–Crippen MR) is 137 cm³/mol. The van der Waals surface area contributed by atoms with Crippen molar-refractivity contribution in [2.24, 2.45) is 28.6 Å². The number of carboxylic acids is 1. The normalized spacial score (nSPS) is 39.8. The Morgan fingerprint density at radius 2 is 1.82 bits per heavy atom. The van der Waals surface area contributed by atoms with Crippen LogP contribution in [0.15, 0.2) is 11.6 Å². The van der Waals surface area contributed by atoms with E-state index in [1.165, 1.54) is 5.57 Å². The molecule has 0 heterocycles. The molecule has 0 aromatic rings. The molecule has 38 heavy (non-hydrogen) atoms. The highest BCUT2D eigenvalue weighted by atomic mass is 16.5. The zero-order chi connectivity index (χ0) is 27.9. The lowest BCUT2D eigenvalue weighted by Gasteiger charge is -2.60. The number of allylic oxidation sites excluding steroid dienone is 1. The first-order valence-corrected chi connectivity index (χ1v) is 14.2. The molecule has 9 heteroatoms. The molecule has 0 spiro atoms. The van der Waals surface area contributed by atoms with E-state index in [9.17, 15) is 34.8 Å². The van der Waals surface area contributed by atoms with Crippen LogP contribution in [0.2, 0.25) is 0 Å². The molecule has 214 valence electrons. The molecule has 0 bridgehead atoms. The van der Waals surface area contributed by atoms with Crippen LogP contribution >= 0.6 is 0 Å². The first-order valence-electron chi connectivity index (χ1n) is 14.2. The van der Waals surface area contributed by atoms with Crippen LogP contribution < -0.4 is 0 Å².